The summed E-state index contributed by atoms with van der Waals surface area (Å²) in [7, 11) is 0. The van der Waals surface area contributed by atoms with Crippen LogP contribution in [0.4, 0.5) is 0 Å². The highest BCUT2D eigenvalue weighted by Gasteiger charge is 2.21. The summed E-state index contributed by atoms with van der Waals surface area (Å²) in [5.74, 6) is 1.05. The molecule has 5 nitrogen and oxygen atoms in total. The average Bonchev–Trinajstić information content (AvgIpc) is 2.96. The van der Waals surface area contributed by atoms with Crippen LogP contribution in [0.2, 0.25) is 0 Å². The lowest BCUT2D eigenvalue weighted by Gasteiger charge is -2.35. The molecule has 0 spiro atoms. The van der Waals surface area contributed by atoms with Crippen molar-refractivity contribution < 1.29 is 4.74 Å². The van der Waals surface area contributed by atoms with Crippen LogP contribution in [0.15, 0.2) is 72.8 Å². The molecule has 0 atom stereocenters. The van der Waals surface area contributed by atoms with Crippen LogP contribution in [0, 0.1) is 0 Å². The molecule has 194 valence electrons. The minimum Gasteiger partial charge on any atom is -0.478 e. The molecule has 3 aliphatic rings. The van der Waals surface area contributed by atoms with Gasteiger partial charge in [-0.1, -0.05) is 66.7 Å². The molecular weight excluding hydrogens is 456 g/mol. The quantitative estimate of drug-likeness (QED) is 0.440. The fraction of sp³-hybridized carbons (Fsp3) is 0.438. The van der Waals surface area contributed by atoms with Crippen LogP contribution in [0.3, 0.4) is 0 Å². The van der Waals surface area contributed by atoms with Crippen molar-refractivity contribution in [3.8, 4) is 5.75 Å². The predicted molar refractivity (Wildman–Crippen MR) is 150 cm³/mol. The van der Waals surface area contributed by atoms with Gasteiger partial charge in [-0.05, 0) is 41.2 Å². The highest BCUT2D eigenvalue weighted by molar-refractivity contribution is 5.34. The van der Waals surface area contributed by atoms with Crippen molar-refractivity contribution in [3.05, 3.63) is 101 Å². The Morgan fingerprint density at radius 2 is 1.00 bits per heavy atom. The van der Waals surface area contributed by atoms with Gasteiger partial charge in [-0.3, -0.25) is 19.6 Å². The molecule has 0 bridgehead atoms. The van der Waals surface area contributed by atoms with E-state index < -0.39 is 0 Å². The Kier molecular flexibility index (Phi) is 7.84. The second kappa shape index (κ2) is 11.8. The number of nitrogens with zero attached hydrogens (tertiary/aromatic N) is 4. The molecule has 3 aromatic carbocycles. The van der Waals surface area contributed by atoms with Crippen LogP contribution >= 0.6 is 0 Å². The molecular formula is C32H40N4O. The molecule has 3 heterocycles. The van der Waals surface area contributed by atoms with Gasteiger partial charge in [-0.25, -0.2) is 0 Å². The van der Waals surface area contributed by atoms with Gasteiger partial charge in [-0.2, -0.15) is 0 Å². The summed E-state index contributed by atoms with van der Waals surface area (Å²) < 4.78 is 6.04. The van der Waals surface area contributed by atoms with Gasteiger partial charge >= 0.3 is 0 Å². The molecule has 5 heteroatoms. The van der Waals surface area contributed by atoms with Gasteiger partial charge in [0.1, 0.15) is 12.5 Å². The molecule has 0 aromatic heterocycles. The Morgan fingerprint density at radius 3 is 1.59 bits per heavy atom. The number of rotatable bonds is 9. The van der Waals surface area contributed by atoms with Crippen LogP contribution in [-0.4, -0.2) is 78.7 Å². The first kappa shape index (κ1) is 24.6. The topological polar surface area (TPSA) is 22.2 Å². The standard InChI is InChI=1S/C32H40N4O/c1-3-9-29-23-34(15-13-27(29)7-1)20-17-33(18-21-35-16-14-28-8-2-4-10-30(28)24-35)19-22-36-25-31-11-5-6-12-32(31)37-26-36/h1-12H,13-26H2. The summed E-state index contributed by atoms with van der Waals surface area (Å²) in [4.78, 5) is 10.4. The Labute approximate surface area is 222 Å². The fourth-order valence-corrected chi connectivity index (χ4v) is 6.04. The highest BCUT2D eigenvalue weighted by atomic mass is 16.5. The molecule has 6 rings (SSSR count). The molecule has 0 amide bonds. The van der Waals surface area contributed by atoms with E-state index in [4.69, 9.17) is 4.74 Å². The van der Waals surface area contributed by atoms with Gasteiger partial charge < -0.3 is 4.74 Å². The summed E-state index contributed by atoms with van der Waals surface area (Å²) in [6.45, 7) is 12.8. The SMILES string of the molecule is c1ccc2c(c1)CCN(CCN(CCN1CCc3ccccc3C1)CCN1COc3ccccc3C1)C2. The molecule has 3 aromatic rings. The summed E-state index contributed by atoms with van der Waals surface area (Å²) in [5.41, 5.74) is 7.39. The smallest absolute Gasteiger partial charge is 0.142 e. The lowest BCUT2D eigenvalue weighted by Crippen LogP contribution is -2.45. The maximum Gasteiger partial charge on any atom is 0.142 e. The monoisotopic (exact) mass is 496 g/mol. The summed E-state index contributed by atoms with van der Waals surface area (Å²) in [5, 5.41) is 0. The minimum atomic E-state index is 0.691. The van der Waals surface area contributed by atoms with Gasteiger partial charge in [0.25, 0.3) is 0 Å². The van der Waals surface area contributed by atoms with E-state index in [1.165, 1.54) is 53.7 Å². The number of fused-ring (bicyclic) bond motifs is 3. The fourth-order valence-electron chi connectivity index (χ4n) is 6.04. The van der Waals surface area contributed by atoms with E-state index in [1.54, 1.807) is 0 Å². The Hall–Kier alpha value is -2.70. The first-order valence-corrected chi connectivity index (χ1v) is 14.0. The largest absolute Gasteiger partial charge is 0.478 e. The van der Waals surface area contributed by atoms with Crippen LogP contribution in [0.5, 0.6) is 5.75 Å². The molecule has 0 unspecified atom stereocenters. The first-order chi connectivity index (χ1) is 18.3. The van der Waals surface area contributed by atoms with Crippen LogP contribution in [0.25, 0.3) is 0 Å². The van der Waals surface area contributed by atoms with Crippen molar-refractivity contribution in [1.29, 1.82) is 0 Å². The molecule has 0 N–H and O–H groups in total. The Balaban J connectivity index is 1.05. The van der Waals surface area contributed by atoms with Gasteiger partial charge in [0.2, 0.25) is 0 Å². The predicted octanol–water partition coefficient (Wildman–Crippen LogP) is 4.26. The van der Waals surface area contributed by atoms with Crippen LogP contribution < -0.4 is 4.74 Å². The second-order valence-electron chi connectivity index (χ2n) is 10.9. The van der Waals surface area contributed by atoms with Crippen molar-refractivity contribution in [2.75, 3.05) is 59.1 Å². The number of para-hydroxylation sites is 1. The van der Waals surface area contributed by atoms with Gasteiger partial charge in [0.15, 0.2) is 0 Å². The van der Waals surface area contributed by atoms with E-state index >= 15 is 0 Å². The molecule has 0 fully saturated rings. The number of hydrogen-bond acceptors (Lipinski definition) is 5. The molecule has 3 aliphatic heterocycles. The number of ether oxygens (including phenoxy) is 1. The molecule has 0 aliphatic carbocycles. The van der Waals surface area contributed by atoms with Crippen molar-refractivity contribution in [2.24, 2.45) is 0 Å². The highest BCUT2D eigenvalue weighted by Crippen LogP contribution is 2.24. The Bertz CT molecular complexity index is 1030. The second-order valence-corrected chi connectivity index (χ2v) is 10.9. The van der Waals surface area contributed by atoms with E-state index in [0.29, 0.717) is 6.73 Å². The molecule has 0 saturated heterocycles. The lowest BCUT2D eigenvalue weighted by atomic mass is 10.00. The van der Waals surface area contributed by atoms with Gasteiger partial charge in [0.05, 0.1) is 0 Å². The van der Waals surface area contributed by atoms with E-state index in [2.05, 4.69) is 92.4 Å². The normalized spacial score (nSPS) is 18.2. The summed E-state index contributed by atoms with van der Waals surface area (Å²) >= 11 is 0. The van der Waals surface area contributed by atoms with E-state index in [1.807, 2.05) is 0 Å². The summed E-state index contributed by atoms with van der Waals surface area (Å²) in [6, 6.07) is 26.4. The minimum absolute atomic E-state index is 0.691. The zero-order valence-electron chi connectivity index (χ0n) is 22.0. The number of hydrogen-bond donors (Lipinski definition) is 0. The third-order valence-corrected chi connectivity index (χ3v) is 8.39. The van der Waals surface area contributed by atoms with Crippen molar-refractivity contribution in [2.45, 2.75) is 32.5 Å². The molecule has 37 heavy (non-hydrogen) atoms. The molecule has 0 radical (unpaired) electrons. The zero-order chi connectivity index (χ0) is 24.9. The maximum absolute atomic E-state index is 6.04. The number of benzene rings is 3. The van der Waals surface area contributed by atoms with Crippen molar-refractivity contribution in [1.82, 2.24) is 19.6 Å². The third-order valence-electron chi connectivity index (χ3n) is 8.39. The average molecular weight is 497 g/mol. The molecule has 0 saturated carbocycles. The van der Waals surface area contributed by atoms with E-state index in [9.17, 15) is 0 Å². The van der Waals surface area contributed by atoms with Crippen molar-refractivity contribution in [3.63, 3.8) is 0 Å². The van der Waals surface area contributed by atoms with E-state index in [0.717, 1.165) is 64.7 Å². The zero-order valence-corrected chi connectivity index (χ0v) is 22.0. The van der Waals surface area contributed by atoms with Crippen LogP contribution in [0.1, 0.15) is 27.8 Å². The van der Waals surface area contributed by atoms with Gasteiger partial charge in [-0.15, -0.1) is 0 Å². The first-order valence-electron chi connectivity index (χ1n) is 14.0. The van der Waals surface area contributed by atoms with E-state index in [-0.39, 0.29) is 0 Å². The van der Waals surface area contributed by atoms with Gasteiger partial charge in [0, 0.05) is 77.6 Å². The van der Waals surface area contributed by atoms with Crippen LogP contribution in [-0.2, 0) is 32.5 Å². The lowest BCUT2D eigenvalue weighted by molar-refractivity contribution is 0.0777. The third kappa shape index (κ3) is 6.24. The van der Waals surface area contributed by atoms with Crippen molar-refractivity contribution >= 4 is 0 Å². The Morgan fingerprint density at radius 1 is 0.541 bits per heavy atom. The maximum atomic E-state index is 6.04. The summed E-state index contributed by atoms with van der Waals surface area (Å²) in [6.07, 6.45) is 2.35.